The van der Waals surface area contributed by atoms with E-state index in [9.17, 15) is 9.90 Å². The number of benzene rings is 3. The Morgan fingerprint density at radius 2 is 1.27 bits per heavy atom. The molecular weight excluding hydrogens is 568 g/mol. The highest BCUT2D eigenvalue weighted by Crippen LogP contribution is 2.35. The first-order valence-corrected chi connectivity index (χ1v) is 14.7. The van der Waals surface area contributed by atoms with Crippen LogP contribution in [0.25, 0.3) is 0 Å². The molecule has 0 aliphatic carbocycles. The van der Waals surface area contributed by atoms with E-state index in [-0.39, 0.29) is 13.2 Å². The van der Waals surface area contributed by atoms with Gasteiger partial charge in [0, 0.05) is 0 Å². The minimum absolute atomic E-state index is 0.199. The molecule has 232 valence electrons. The van der Waals surface area contributed by atoms with Crippen molar-refractivity contribution in [3.05, 3.63) is 120 Å². The van der Waals surface area contributed by atoms with Crippen molar-refractivity contribution in [2.24, 2.45) is 0 Å². The zero-order valence-electron chi connectivity index (χ0n) is 24.1. The van der Waals surface area contributed by atoms with Crippen molar-refractivity contribution < 1.29 is 47.8 Å². The Morgan fingerprint density at radius 1 is 0.682 bits per heavy atom. The zero-order valence-corrected chi connectivity index (χ0v) is 24.1. The number of fused-ring (bicyclic) bond motifs is 1. The lowest BCUT2D eigenvalue weighted by atomic mass is 9.98. The fourth-order valence-electron chi connectivity index (χ4n) is 5.46. The molecule has 0 unspecified atom stereocenters. The Bertz CT molecular complexity index is 1340. The highest BCUT2D eigenvalue weighted by atomic mass is 16.8. The van der Waals surface area contributed by atoms with Crippen LogP contribution in [0.1, 0.15) is 16.7 Å². The first kappa shape index (κ1) is 30.3. The van der Waals surface area contributed by atoms with E-state index in [1.165, 1.54) is 0 Å². The summed E-state index contributed by atoms with van der Waals surface area (Å²) in [5.41, 5.74) is 2.94. The summed E-state index contributed by atoms with van der Waals surface area (Å²) < 4.78 is 48.4. The van der Waals surface area contributed by atoms with Crippen LogP contribution in [-0.4, -0.2) is 73.5 Å². The Labute approximate surface area is 256 Å². The molecule has 3 aromatic carbocycles. The molecule has 44 heavy (non-hydrogen) atoms. The van der Waals surface area contributed by atoms with E-state index in [2.05, 4.69) is 0 Å². The normalized spacial score (nSPS) is 29.3. The van der Waals surface area contributed by atoms with Crippen molar-refractivity contribution in [1.29, 1.82) is 0 Å². The van der Waals surface area contributed by atoms with Gasteiger partial charge in [0.15, 0.2) is 24.6 Å². The summed E-state index contributed by atoms with van der Waals surface area (Å²) >= 11 is 0. The average Bonchev–Trinajstić information content (AvgIpc) is 3.46. The van der Waals surface area contributed by atoms with Gasteiger partial charge in [-0.15, -0.1) is 0 Å². The first-order chi connectivity index (χ1) is 21.7. The van der Waals surface area contributed by atoms with Crippen LogP contribution >= 0.6 is 0 Å². The van der Waals surface area contributed by atoms with E-state index in [0.717, 1.165) is 16.7 Å². The smallest absolute Gasteiger partial charge is 0.493 e. The van der Waals surface area contributed by atoms with Crippen LogP contribution in [0.3, 0.4) is 0 Å². The van der Waals surface area contributed by atoms with Gasteiger partial charge in [0.1, 0.15) is 24.4 Å². The Hall–Kier alpha value is -3.77. The Kier molecular flexibility index (Phi) is 10.2. The molecule has 0 radical (unpaired) electrons. The van der Waals surface area contributed by atoms with Crippen LogP contribution in [0.4, 0.5) is 4.79 Å². The van der Waals surface area contributed by atoms with Gasteiger partial charge in [-0.2, -0.15) is 0 Å². The van der Waals surface area contributed by atoms with Crippen LogP contribution in [0.2, 0.25) is 0 Å². The number of carbonyl (C=O) groups excluding carboxylic acids is 1. The number of hydrogen-bond acceptors (Lipinski definition) is 10. The van der Waals surface area contributed by atoms with Crippen LogP contribution in [0, 0.1) is 0 Å². The summed E-state index contributed by atoms with van der Waals surface area (Å²) in [6.45, 7) is 0.714. The maximum absolute atomic E-state index is 12.2. The van der Waals surface area contributed by atoms with Crippen molar-refractivity contribution in [1.82, 2.24) is 0 Å². The summed E-state index contributed by atoms with van der Waals surface area (Å²) in [4.78, 5) is 12.2. The topological polar surface area (TPSA) is 111 Å². The van der Waals surface area contributed by atoms with Crippen molar-refractivity contribution >= 4 is 6.16 Å². The third kappa shape index (κ3) is 7.47. The first-order valence-electron chi connectivity index (χ1n) is 14.7. The van der Waals surface area contributed by atoms with Gasteiger partial charge in [-0.25, -0.2) is 4.79 Å². The number of hydrogen-bond donors (Lipinski definition) is 1. The van der Waals surface area contributed by atoms with E-state index in [4.69, 9.17) is 37.9 Å². The van der Waals surface area contributed by atoms with E-state index in [1.807, 2.05) is 91.0 Å². The molecule has 3 heterocycles. The molecule has 10 nitrogen and oxygen atoms in total. The van der Waals surface area contributed by atoms with Crippen molar-refractivity contribution in [3.63, 3.8) is 0 Å². The fraction of sp³-hybridized carbons (Fsp3) is 0.382. The van der Waals surface area contributed by atoms with Crippen LogP contribution in [-0.2, 0) is 57.7 Å². The summed E-state index contributed by atoms with van der Waals surface area (Å²) in [5, 5.41) is 10.1. The van der Waals surface area contributed by atoms with Crippen LogP contribution in [0.15, 0.2) is 103 Å². The summed E-state index contributed by atoms with van der Waals surface area (Å²) in [6, 6.07) is 29.3. The van der Waals surface area contributed by atoms with Gasteiger partial charge in [-0.3, -0.25) is 0 Å². The van der Waals surface area contributed by atoms with E-state index in [0.29, 0.717) is 13.2 Å². The highest BCUT2D eigenvalue weighted by molar-refractivity contribution is 5.63. The summed E-state index contributed by atoms with van der Waals surface area (Å²) in [6.07, 6.45) is -3.83. The molecule has 0 bridgehead atoms. The second-order valence-corrected chi connectivity index (χ2v) is 10.8. The number of aliphatic hydroxyl groups is 1. The van der Waals surface area contributed by atoms with Gasteiger partial charge in [-0.1, -0.05) is 91.0 Å². The molecule has 3 aromatic rings. The molecule has 0 spiro atoms. The minimum atomic E-state index is -1.06. The maximum Gasteiger partial charge on any atom is 0.509 e. The third-order valence-electron chi connectivity index (χ3n) is 7.70. The largest absolute Gasteiger partial charge is 0.509 e. The second-order valence-electron chi connectivity index (χ2n) is 10.8. The Balaban J connectivity index is 1.22. The van der Waals surface area contributed by atoms with Gasteiger partial charge < -0.3 is 43.0 Å². The monoisotopic (exact) mass is 604 g/mol. The van der Waals surface area contributed by atoms with Gasteiger partial charge in [0.05, 0.1) is 39.3 Å². The molecular formula is C34H36O10. The maximum atomic E-state index is 12.2. The van der Waals surface area contributed by atoms with Gasteiger partial charge in [0.2, 0.25) is 0 Å². The zero-order chi connectivity index (χ0) is 30.1. The van der Waals surface area contributed by atoms with E-state index in [1.54, 1.807) is 12.3 Å². The van der Waals surface area contributed by atoms with E-state index >= 15 is 0 Å². The SMILES string of the molecule is O=C1O[C@H]2[C@@H](O1)[C@@H](CO)O[C@@H](O[C@H]1[C@H](OCc3ccccc3)C=CO[C@@H]1COCc1ccccc1)[C@@H]2OCc1ccccc1. The molecule has 2 saturated heterocycles. The van der Waals surface area contributed by atoms with Gasteiger partial charge >= 0.3 is 6.16 Å². The molecule has 3 aliphatic rings. The second kappa shape index (κ2) is 14.8. The lowest BCUT2D eigenvalue weighted by Crippen LogP contribution is -2.61. The fourth-order valence-corrected chi connectivity index (χ4v) is 5.46. The lowest BCUT2D eigenvalue weighted by molar-refractivity contribution is -0.321. The molecule has 8 atom stereocenters. The number of carbonyl (C=O) groups is 1. The number of rotatable bonds is 13. The predicted octanol–water partition coefficient (Wildman–Crippen LogP) is 4.29. The lowest BCUT2D eigenvalue weighted by Gasteiger charge is -2.43. The molecule has 1 N–H and O–H groups in total. The third-order valence-corrected chi connectivity index (χ3v) is 7.70. The molecule has 0 aromatic heterocycles. The van der Waals surface area contributed by atoms with Crippen molar-refractivity contribution in [3.8, 4) is 0 Å². The van der Waals surface area contributed by atoms with Gasteiger partial charge in [0.25, 0.3) is 0 Å². The molecule has 2 fully saturated rings. The van der Waals surface area contributed by atoms with Crippen LogP contribution in [0.5, 0.6) is 0 Å². The molecule has 0 saturated carbocycles. The predicted molar refractivity (Wildman–Crippen MR) is 156 cm³/mol. The van der Waals surface area contributed by atoms with Crippen molar-refractivity contribution in [2.45, 2.75) is 68.8 Å². The standard InChI is InChI=1S/C34H36O10/c35-18-27-30-31(44-34(36)43-30)32(40-21-25-14-8-3-9-15-25)33(41-27)42-29-26(39-20-24-12-6-2-7-13-24)16-17-38-28(29)22-37-19-23-10-4-1-5-11-23/h1-17,26-33,35H,18-22H2/t26-,27-,28-,29+,30+,31+,32-,33+/m1/s1. The van der Waals surface area contributed by atoms with E-state index < -0.39 is 61.8 Å². The summed E-state index contributed by atoms with van der Waals surface area (Å²) in [5.74, 6) is 0. The minimum Gasteiger partial charge on any atom is -0.493 e. The molecule has 3 aliphatic heterocycles. The number of aliphatic hydroxyl groups excluding tert-OH is 1. The molecule has 0 amide bonds. The average molecular weight is 605 g/mol. The molecule has 10 heteroatoms. The van der Waals surface area contributed by atoms with Crippen LogP contribution < -0.4 is 0 Å². The quantitative estimate of drug-likeness (QED) is 0.284. The Morgan fingerprint density at radius 3 is 1.91 bits per heavy atom. The molecule has 6 rings (SSSR count). The summed E-state index contributed by atoms with van der Waals surface area (Å²) in [7, 11) is 0. The van der Waals surface area contributed by atoms with Gasteiger partial charge in [-0.05, 0) is 22.8 Å². The highest BCUT2D eigenvalue weighted by Gasteiger charge is 2.56. The van der Waals surface area contributed by atoms with Crippen molar-refractivity contribution in [2.75, 3.05) is 13.2 Å². The number of ether oxygens (including phenoxy) is 8.